The standard InChI is InChI=1S/C24H21ClN2O6S/c1-2-27-14-19(23(32)26-13-15-5-7-16(25)8-6-15)22(31)18-12-17(34-24(18)27)4-3-11-33-21(30)10-9-20(28)29/h5-8,12,14H,2,9-11,13H2,1H3,(H,26,32)(H,28,29). The highest BCUT2D eigenvalue weighted by molar-refractivity contribution is 7.19. The van der Waals surface area contributed by atoms with Gasteiger partial charge in [0, 0.05) is 24.3 Å². The number of carboxylic acids is 1. The number of rotatable bonds is 8. The average Bonchev–Trinajstić information content (AvgIpc) is 3.25. The second-order valence-electron chi connectivity index (χ2n) is 7.15. The SMILES string of the molecule is CCn1cc(C(=O)NCc2ccc(Cl)cc2)c(=O)c2cc(C#CCOC(=O)CCC(=O)O)sc21. The number of nitrogens with one attached hydrogen (secondary N) is 1. The average molecular weight is 501 g/mol. The summed E-state index contributed by atoms with van der Waals surface area (Å²) < 4.78 is 6.69. The number of pyridine rings is 1. The fraction of sp³-hybridized carbons (Fsp3) is 0.250. The summed E-state index contributed by atoms with van der Waals surface area (Å²) >= 11 is 7.17. The minimum Gasteiger partial charge on any atom is -0.481 e. The van der Waals surface area contributed by atoms with E-state index in [9.17, 15) is 19.2 Å². The second-order valence-corrected chi connectivity index (χ2v) is 8.62. The molecule has 0 aliphatic carbocycles. The molecule has 0 aliphatic heterocycles. The van der Waals surface area contributed by atoms with Crippen LogP contribution >= 0.6 is 22.9 Å². The van der Waals surface area contributed by atoms with Crippen LogP contribution in [0.2, 0.25) is 5.02 Å². The van der Waals surface area contributed by atoms with E-state index in [4.69, 9.17) is 21.4 Å². The Morgan fingerprint density at radius 1 is 1.21 bits per heavy atom. The lowest BCUT2D eigenvalue weighted by molar-refractivity contribution is -0.146. The van der Waals surface area contributed by atoms with Crippen molar-refractivity contribution >= 4 is 51.0 Å². The lowest BCUT2D eigenvalue weighted by Crippen LogP contribution is -2.29. The number of aryl methyl sites for hydroxylation is 1. The topological polar surface area (TPSA) is 115 Å². The van der Waals surface area contributed by atoms with Crippen molar-refractivity contribution in [3.8, 4) is 11.8 Å². The predicted octanol–water partition coefficient (Wildman–Crippen LogP) is 3.43. The summed E-state index contributed by atoms with van der Waals surface area (Å²) in [7, 11) is 0. The summed E-state index contributed by atoms with van der Waals surface area (Å²) in [6.45, 7) is 2.51. The van der Waals surface area contributed by atoms with Crippen molar-refractivity contribution in [2.45, 2.75) is 32.9 Å². The Morgan fingerprint density at radius 3 is 2.62 bits per heavy atom. The normalized spacial score (nSPS) is 10.4. The maximum Gasteiger partial charge on any atom is 0.307 e. The summed E-state index contributed by atoms with van der Waals surface area (Å²) in [6, 6.07) is 8.66. The van der Waals surface area contributed by atoms with Crippen molar-refractivity contribution < 1.29 is 24.2 Å². The molecule has 2 heterocycles. The highest BCUT2D eigenvalue weighted by atomic mass is 35.5. The van der Waals surface area contributed by atoms with Crippen LogP contribution in [-0.2, 0) is 27.4 Å². The third-order valence-electron chi connectivity index (χ3n) is 4.76. The molecule has 0 bridgehead atoms. The molecule has 0 spiro atoms. The summed E-state index contributed by atoms with van der Waals surface area (Å²) in [5, 5.41) is 12.3. The predicted molar refractivity (Wildman–Crippen MR) is 129 cm³/mol. The van der Waals surface area contributed by atoms with Gasteiger partial charge >= 0.3 is 11.9 Å². The van der Waals surface area contributed by atoms with Crippen LogP contribution in [0.25, 0.3) is 10.2 Å². The number of carboxylic acid groups (broad SMARTS) is 1. The van der Waals surface area contributed by atoms with Crippen molar-refractivity contribution in [1.82, 2.24) is 9.88 Å². The third kappa shape index (κ3) is 6.47. The van der Waals surface area contributed by atoms with Gasteiger partial charge in [-0.3, -0.25) is 19.2 Å². The third-order valence-corrected chi connectivity index (χ3v) is 6.10. The van der Waals surface area contributed by atoms with E-state index in [0.29, 0.717) is 26.7 Å². The first-order valence-electron chi connectivity index (χ1n) is 10.3. The number of thiophene rings is 1. The van der Waals surface area contributed by atoms with Crippen LogP contribution in [0.15, 0.2) is 41.3 Å². The smallest absolute Gasteiger partial charge is 0.307 e. The van der Waals surface area contributed by atoms with Gasteiger partial charge in [-0.25, -0.2) is 0 Å². The van der Waals surface area contributed by atoms with Crippen LogP contribution in [0.3, 0.4) is 0 Å². The number of carbonyl (C=O) groups is 3. The number of halogens is 1. The van der Waals surface area contributed by atoms with E-state index in [1.165, 1.54) is 11.3 Å². The van der Waals surface area contributed by atoms with E-state index < -0.39 is 23.3 Å². The summed E-state index contributed by atoms with van der Waals surface area (Å²) in [4.78, 5) is 48.9. The molecule has 0 fully saturated rings. The molecule has 0 atom stereocenters. The van der Waals surface area contributed by atoms with E-state index in [2.05, 4.69) is 17.2 Å². The first-order chi connectivity index (χ1) is 16.3. The summed E-state index contributed by atoms with van der Waals surface area (Å²) in [6.07, 6.45) is 1.01. The molecule has 0 saturated heterocycles. The van der Waals surface area contributed by atoms with Gasteiger partial charge < -0.3 is 19.7 Å². The van der Waals surface area contributed by atoms with Gasteiger partial charge in [-0.2, -0.15) is 0 Å². The Labute approximate surface area is 204 Å². The van der Waals surface area contributed by atoms with Crippen LogP contribution in [0, 0.1) is 11.8 Å². The summed E-state index contributed by atoms with van der Waals surface area (Å²) in [5.74, 6) is 3.33. The van der Waals surface area contributed by atoms with Crippen LogP contribution in [0.1, 0.15) is 40.6 Å². The highest BCUT2D eigenvalue weighted by Gasteiger charge is 2.17. The Balaban J connectivity index is 1.75. The Kier molecular flexibility index (Phi) is 8.46. The first-order valence-corrected chi connectivity index (χ1v) is 11.5. The fourth-order valence-electron chi connectivity index (χ4n) is 3.03. The monoisotopic (exact) mass is 500 g/mol. The molecule has 10 heteroatoms. The quantitative estimate of drug-likeness (QED) is 0.362. The van der Waals surface area contributed by atoms with Crippen molar-refractivity contribution in [3.05, 3.63) is 67.8 Å². The number of amides is 1. The van der Waals surface area contributed by atoms with Gasteiger partial charge in [-0.1, -0.05) is 35.6 Å². The molecule has 1 amide bonds. The molecule has 2 aromatic heterocycles. The minimum absolute atomic E-state index is 0.0352. The van der Waals surface area contributed by atoms with Gasteiger partial charge in [0.2, 0.25) is 5.43 Å². The van der Waals surface area contributed by atoms with Crippen LogP contribution in [0.5, 0.6) is 0 Å². The van der Waals surface area contributed by atoms with E-state index in [-0.39, 0.29) is 31.6 Å². The largest absolute Gasteiger partial charge is 0.481 e. The molecular weight excluding hydrogens is 480 g/mol. The minimum atomic E-state index is -1.08. The van der Waals surface area contributed by atoms with Crippen LogP contribution in [0.4, 0.5) is 0 Å². The zero-order valence-corrected chi connectivity index (χ0v) is 19.8. The zero-order valence-electron chi connectivity index (χ0n) is 18.2. The molecule has 176 valence electrons. The molecule has 1 aromatic carbocycles. The maximum atomic E-state index is 13.0. The number of aliphatic carboxylic acids is 1. The number of hydrogen-bond acceptors (Lipinski definition) is 6. The fourth-order valence-corrected chi connectivity index (χ4v) is 4.23. The Morgan fingerprint density at radius 2 is 1.94 bits per heavy atom. The number of carbonyl (C=O) groups excluding carboxylic acids is 2. The molecule has 3 rings (SSSR count). The van der Waals surface area contributed by atoms with Gasteiger partial charge in [0.1, 0.15) is 10.4 Å². The van der Waals surface area contributed by atoms with Gasteiger partial charge in [0.15, 0.2) is 6.61 Å². The van der Waals surface area contributed by atoms with Crippen molar-refractivity contribution in [3.63, 3.8) is 0 Å². The molecule has 8 nitrogen and oxygen atoms in total. The molecule has 2 N–H and O–H groups in total. The zero-order chi connectivity index (χ0) is 24.7. The molecular formula is C24H21ClN2O6S. The number of aromatic nitrogens is 1. The van der Waals surface area contributed by atoms with Crippen molar-refractivity contribution in [2.75, 3.05) is 6.61 Å². The van der Waals surface area contributed by atoms with E-state index >= 15 is 0 Å². The van der Waals surface area contributed by atoms with E-state index in [1.807, 2.05) is 11.5 Å². The first kappa shape index (κ1) is 25.0. The summed E-state index contributed by atoms with van der Waals surface area (Å²) in [5.41, 5.74) is 0.497. The van der Waals surface area contributed by atoms with Gasteiger partial charge in [-0.15, -0.1) is 11.3 Å². The number of fused-ring (bicyclic) bond motifs is 1. The number of esters is 1. The number of hydrogen-bond donors (Lipinski definition) is 2. The van der Waals surface area contributed by atoms with E-state index in [0.717, 1.165) is 5.56 Å². The second kappa shape index (κ2) is 11.5. The van der Waals surface area contributed by atoms with Gasteiger partial charge in [0.25, 0.3) is 5.91 Å². The van der Waals surface area contributed by atoms with Crippen molar-refractivity contribution in [2.24, 2.45) is 0 Å². The Hall–Kier alpha value is -3.61. The highest BCUT2D eigenvalue weighted by Crippen LogP contribution is 2.23. The molecule has 3 aromatic rings. The molecule has 0 radical (unpaired) electrons. The Bertz CT molecular complexity index is 1350. The van der Waals surface area contributed by atoms with Crippen LogP contribution in [-0.4, -0.2) is 34.1 Å². The van der Waals surface area contributed by atoms with Crippen LogP contribution < -0.4 is 10.7 Å². The maximum absolute atomic E-state index is 13.0. The number of ether oxygens (including phenoxy) is 1. The molecule has 34 heavy (non-hydrogen) atoms. The number of nitrogens with zero attached hydrogens (tertiary/aromatic N) is 1. The lowest BCUT2D eigenvalue weighted by atomic mass is 10.2. The lowest BCUT2D eigenvalue weighted by Gasteiger charge is -2.09. The van der Waals surface area contributed by atoms with Gasteiger partial charge in [0.05, 0.1) is 23.1 Å². The van der Waals surface area contributed by atoms with E-state index in [1.54, 1.807) is 36.5 Å². The molecule has 0 saturated carbocycles. The molecule has 0 unspecified atom stereocenters. The van der Waals surface area contributed by atoms with Crippen molar-refractivity contribution in [1.29, 1.82) is 0 Å². The van der Waals surface area contributed by atoms with Gasteiger partial charge in [-0.05, 0) is 30.7 Å². The number of benzene rings is 1. The molecule has 0 aliphatic rings.